The molecule has 0 unspecified atom stereocenters. The van der Waals surface area contributed by atoms with Crippen molar-refractivity contribution in [3.63, 3.8) is 0 Å². The van der Waals surface area contributed by atoms with Gasteiger partial charge in [-0.15, -0.1) is 0 Å². The molecule has 0 spiro atoms. The highest BCUT2D eigenvalue weighted by Crippen LogP contribution is 2.23. The van der Waals surface area contributed by atoms with Crippen molar-refractivity contribution in [1.29, 1.82) is 0 Å². The molecule has 0 bridgehead atoms. The van der Waals surface area contributed by atoms with Gasteiger partial charge in [-0.2, -0.15) is 5.10 Å². The summed E-state index contributed by atoms with van der Waals surface area (Å²) in [7, 11) is 1.63. The van der Waals surface area contributed by atoms with Crippen molar-refractivity contribution in [1.82, 2.24) is 25.1 Å². The Morgan fingerprint density at radius 3 is 2.52 bits per heavy atom. The van der Waals surface area contributed by atoms with Gasteiger partial charge in [0.1, 0.15) is 17.4 Å². The van der Waals surface area contributed by atoms with Gasteiger partial charge in [0.2, 0.25) is 0 Å². The number of carbonyl (C=O) groups is 1. The lowest BCUT2D eigenvalue weighted by Crippen LogP contribution is -2.28. The van der Waals surface area contributed by atoms with Crippen molar-refractivity contribution < 1.29 is 9.53 Å². The summed E-state index contributed by atoms with van der Waals surface area (Å²) in [4.78, 5) is 21.3. The molecule has 31 heavy (non-hydrogen) atoms. The number of aryl methyl sites for hydroxylation is 1. The standard InChI is InChI=1S/C22H21ClN6O2/c1-14-27-20(24-11-12-25-22(30)15-3-5-16(23)6-4-15)19-13-26-29(21(19)28-14)17-7-9-18(31-2)10-8-17/h3-10,13H,11-12H2,1-2H3,(H,25,30)(H,24,27,28). The third-order valence-corrected chi connectivity index (χ3v) is 4.92. The molecule has 2 N–H and O–H groups in total. The minimum atomic E-state index is -0.158. The summed E-state index contributed by atoms with van der Waals surface area (Å²) in [6.07, 6.45) is 1.73. The van der Waals surface area contributed by atoms with Gasteiger partial charge in [-0.25, -0.2) is 14.6 Å². The third-order valence-electron chi connectivity index (χ3n) is 4.67. The topological polar surface area (TPSA) is 94.0 Å². The first kappa shape index (κ1) is 20.6. The molecule has 158 valence electrons. The highest BCUT2D eigenvalue weighted by molar-refractivity contribution is 6.30. The van der Waals surface area contributed by atoms with Crippen LogP contribution in [-0.4, -0.2) is 45.9 Å². The van der Waals surface area contributed by atoms with Crippen LogP contribution in [0.4, 0.5) is 5.82 Å². The number of nitrogens with one attached hydrogen (secondary N) is 2. The van der Waals surface area contributed by atoms with Gasteiger partial charge in [0.05, 0.1) is 24.4 Å². The Hall–Kier alpha value is -3.65. The Kier molecular flexibility index (Phi) is 5.99. The monoisotopic (exact) mass is 436 g/mol. The van der Waals surface area contributed by atoms with Gasteiger partial charge in [0.15, 0.2) is 5.65 Å². The lowest BCUT2D eigenvalue weighted by atomic mass is 10.2. The fraction of sp³-hybridized carbons (Fsp3) is 0.182. The minimum absolute atomic E-state index is 0.158. The maximum atomic E-state index is 12.2. The Morgan fingerprint density at radius 2 is 1.81 bits per heavy atom. The fourth-order valence-electron chi connectivity index (χ4n) is 3.12. The maximum absolute atomic E-state index is 12.2. The molecule has 2 heterocycles. The van der Waals surface area contributed by atoms with Crippen LogP contribution in [-0.2, 0) is 0 Å². The molecular formula is C22H21ClN6O2. The highest BCUT2D eigenvalue weighted by Gasteiger charge is 2.13. The van der Waals surface area contributed by atoms with Crippen LogP contribution in [0.5, 0.6) is 5.75 Å². The number of ether oxygens (including phenoxy) is 1. The molecule has 0 aliphatic rings. The van der Waals surface area contributed by atoms with E-state index in [1.54, 1.807) is 42.3 Å². The van der Waals surface area contributed by atoms with E-state index in [1.165, 1.54) is 0 Å². The van der Waals surface area contributed by atoms with Crippen LogP contribution in [0.15, 0.2) is 54.7 Å². The summed E-state index contributed by atoms with van der Waals surface area (Å²) >= 11 is 5.86. The van der Waals surface area contributed by atoms with Gasteiger partial charge in [0, 0.05) is 23.7 Å². The van der Waals surface area contributed by atoms with E-state index in [0.717, 1.165) is 16.8 Å². The van der Waals surface area contributed by atoms with E-state index in [4.69, 9.17) is 16.3 Å². The summed E-state index contributed by atoms with van der Waals surface area (Å²) in [5.74, 6) is 1.90. The second kappa shape index (κ2) is 9.01. The number of rotatable bonds is 7. The van der Waals surface area contributed by atoms with E-state index in [1.807, 2.05) is 31.2 Å². The third kappa shape index (κ3) is 4.59. The number of halogens is 1. The number of hydrogen-bond acceptors (Lipinski definition) is 6. The molecule has 1 amide bonds. The molecular weight excluding hydrogens is 416 g/mol. The Balaban J connectivity index is 1.46. The molecule has 4 aromatic rings. The van der Waals surface area contributed by atoms with Crippen LogP contribution in [0.1, 0.15) is 16.2 Å². The smallest absolute Gasteiger partial charge is 0.251 e. The zero-order chi connectivity index (χ0) is 21.8. The van der Waals surface area contributed by atoms with E-state index in [9.17, 15) is 4.79 Å². The van der Waals surface area contributed by atoms with Gasteiger partial charge in [-0.3, -0.25) is 4.79 Å². The van der Waals surface area contributed by atoms with E-state index >= 15 is 0 Å². The molecule has 2 aromatic heterocycles. The first-order chi connectivity index (χ1) is 15.0. The predicted molar refractivity (Wildman–Crippen MR) is 120 cm³/mol. The van der Waals surface area contributed by atoms with Crippen LogP contribution >= 0.6 is 11.6 Å². The molecule has 4 rings (SSSR count). The predicted octanol–water partition coefficient (Wildman–Crippen LogP) is 3.63. The van der Waals surface area contributed by atoms with Crippen molar-refractivity contribution >= 4 is 34.4 Å². The summed E-state index contributed by atoms with van der Waals surface area (Å²) in [6, 6.07) is 14.3. The molecule has 0 aliphatic heterocycles. The van der Waals surface area contributed by atoms with E-state index in [0.29, 0.717) is 41.0 Å². The van der Waals surface area contributed by atoms with Crippen molar-refractivity contribution in [2.75, 3.05) is 25.5 Å². The van der Waals surface area contributed by atoms with E-state index in [-0.39, 0.29) is 5.91 Å². The first-order valence-electron chi connectivity index (χ1n) is 9.69. The number of benzene rings is 2. The number of nitrogens with zero attached hydrogens (tertiary/aromatic N) is 4. The van der Waals surface area contributed by atoms with Crippen LogP contribution in [0.2, 0.25) is 5.02 Å². The molecule has 0 atom stereocenters. The number of carbonyl (C=O) groups excluding carboxylic acids is 1. The summed E-state index contributed by atoms with van der Waals surface area (Å²) < 4.78 is 6.98. The van der Waals surface area contributed by atoms with Gasteiger partial charge in [-0.05, 0) is 55.5 Å². The maximum Gasteiger partial charge on any atom is 0.251 e. The highest BCUT2D eigenvalue weighted by atomic mass is 35.5. The van der Waals surface area contributed by atoms with Crippen molar-refractivity contribution in [2.24, 2.45) is 0 Å². The minimum Gasteiger partial charge on any atom is -0.497 e. The van der Waals surface area contributed by atoms with Crippen LogP contribution in [0.3, 0.4) is 0 Å². The number of anilines is 1. The van der Waals surface area contributed by atoms with Crippen molar-refractivity contribution in [3.05, 3.63) is 71.1 Å². The Bertz CT molecular complexity index is 1210. The normalized spacial score (nSPS) is 10.8. The zero-order valence-electron chi connectivity index (χ0n) is 17.1. The average molecular weight is 437 g/mol. The van der Waals surface area contributed by atoms with Crippen molar-refractivity contribution in [3.8, 4) is 11.4 Å². The molecule has 0 saturated carbocycles. The summed E-state index contributed by atoms with van der Waals surface area (Å²) in [5, 5.41) is 12.0. The number of amides is 1. The second-order valence-corrected chi connectivity index (χ2v) is 7.24. The average Bonchev–Trinajstić information content (AvgIpc) is 3.20. The summed E-state index contributed by atoms with van der Waals surface area (Å²) in [6.45, 7) is 2.76. The fourth-order valence-corrected chi connectivity index (χ4v) is 3.25. The molecule has 8 nitrogen and oxygen atoms in total. The second-order valence-electron chi connectivity index (χ2n) is 6.80. The molecule has 2 aromatic carbocycles. The van der Waals surface area contributed by atoms with E-state index < -0.39 is 0 Å². The van der Waals surface area contributed by atoms with Gasteiger partial charge >= 0.3 is 0 Å². The summed E-state index contributed by atoms with van der Waals surface area (Å²) in [5.41, 5.74) is 2.13. The van der Waals surface area contributed by atoms with Gasteiger partial charge < -0.3 is 15.4 Å². The number of hydrogen-bond donors (Lipinski definition) is 2. The quantitative estimate of drug-likeness (QED) is 0.430. The Morgan fingerprint density at radius 1 is 1.06 bits per heavy atom. The van der Waals surface area contributed by atoms with Gasteiger partial charge in [0.25, 0.3) is 5.91 Å². The van der Waals surface area contributed by atoms with Crippen LogP contribution < -0.4 is 15.4 Å². The Labute approximate surface area is 184 Å². The number of aromatic nitrogens is 4. The van der Waals surface area contributed by atoms with Crippen LogP contribution in [0, 0.1) is 6.92 Å². The molecule has 0 saturated heterocycles. The molecule has 9 heteroatoms. The number of fused-ring (bicyclic) bond motifs is 1. The zero-order valence-corrected chi connectivity index (χ0v) is 17.8. The van der Waals surface area contributed by atoms with Crippen LogP contribution in [0.25, 0.3) is 16.7 Å². The number of methoxy groups -OCH3 is 1. The first-order valence-corrected chi connectivity index (χ1v) is 10.1. The lowest BCUT2D eigenvalue weighted by molar-refractivity contribution is 0.0955. The SMILES string of the molecule is COc1ccc(-n2ncc3c(NCCNC(=O)c4ccc(Cl)cc4)nc(C)nc32)cc1. The lowest BCUT2D eigenvalue weighted by Gasteiger charge is -2.10. The molecule has 0 fully saturated rings. The molecule has 0 aliphatic carbocycles. The van der Waals surface area contributed by atoms with E-state index in [2.05, 4.69) is 25.7 Å². The largest absolute Gasteiger partial charge is 0.497 e. The van der Waals surface area contributed by atoms with Gasteiger partial charge in [-0.1, -0.05) is 11.6 Å². The van der Waals surface area contributed by atoms with Crippen molar-refractivity contribution in [2.45, 2.75) is 6.92 Å². The molecule has 0 radical (unpaired) electrons.